The maximum Gasteiger partial charge on any atom is 0.302 e. The summed E-state index contributed by atoms with van der Waals surface area (Å²) in [5, 5.41) is 0. The molecule has 0 aliphatic heterocycles. The summed E-state index contributed by atoms with van der Waals surface area (Å²) in [6.07, 6.45) is 11.2. The Balaban J connectivity index is 3.07. The highest BCUT2D eigenvalue weighted by atomic mass is 32.2. The molecule has 4 heteroatoms. The van der Waals surface area contributed by atoms with Crippen LogP contribution < -0.4 is 0 Å². The van der Waals surface area contributed by atoms with E-state index in [2.05, 4.69) is 11.1 Å². The first-order valence-electron chi connectivity index (χ1n) is 5.16. The van der Waals surface area contributed by atoms with Crippen LogP contribution in [0.2, 0.25) is 0 Å². The minimum Gasteiger partial charge on any atom is -0.284 e. The summed E-state index contributed by atoms with van der Waals surface area (Å²) in [4.78, 5) is 0. The van der Waals surface area contributed by atoms with Crippen LogP contribution in [0.15, 0.2) is 12.2 Å². The Morgan fingerprint density at radius 1 is 1.21 bits per heavy atom. The molecular formula is C10H20O3S. The highest BCUT2D eigenvalue weighted by Crippen LogP contribution is 2.05. The maximum atomic E-state index is 10.1. The van der Waals surface area contributed by atoms with E-state index in [-0.39, 0.29) is 6.61 Å². The van der Waals surface area contributed by atoms with E-state index in [1.54, 1.807) is 6.08 Å². The van der Waals surface area contributed by atoms with Crippen LogP contribution in [0.25, 0.3) is 0 Å². The zero-order valence-corrected chi connectivity index (χ0v) is 9.59. The predicted octanol–water partition coefficient (Wildman–Crippen LogP) is 3.06. The average Bonchev–Trinajstić information content (AvgIpc) is 2.15. The zero-order chi connectivity index (χ0) is 10.6. The van der Waals surface area contributed by atoms with Gasteiger partial charge in [0.2, 0.25) is 0 Å². The van der Waals surface area contributed by atoms with E-state index in [4.69, 9.17) is 4.55 Å². The molecule has 0 aromatic rings. The Morgan fingerprint density at radius 3 is 2.57 bits per heavy atom. The van der Waals surface area contributed by atoms with E-state index in [0.717, 1.165) is 6.42 Å². The topological polar surface area (TPSA) is 46.5 Å². The van der Waals surface area contributed by atoms with Gasteiger partial charge >= 0.3 is 11.4 Å². The van der Waals surface area contributed by atoms with Crippen molar-refractivity contribution in [2.75, 3.05) is 6.61 Å². The predicted molar refractivity (Wildman–Crippen MR) is 59.2 cm³/mol. The second-order valence-corrected chi connectivity index (χ2v) is 3.85. The molecule has 3 nitrogen and oxygen atoms in total. The molecule has 0 heterocycles. The number of hydrogen-bond acceptors (Lipinski definition) is 2. The Morgan fingerprint density at radius 2 is 1.93 bits per heavy atom. The third-order valence-electron chi connectivity index (χ3n) is 1.91. The van der Waals surface area contributed by atoms with Crippen LogP contribution in [0.5, 0.6) is 0 Å². The van der Waals surface area contributed by atoms with E-state index in [1.165, 1.54) is 32.1 Å². The normalized spacial score (nSPS) is 13.6. The lowest BCUT2D eigenvalue weighted by molar-refractivity contribution is 0.342. The van der Waals surface area contributed by atoms with Crippen molar-refractivity contribution in [3.63, 3.8) is 0 Å². The molecule has 0 fully saturated rings. The molecule has 14 heavy (non-hydrogen) atoms. The largest absolute Gasteiger partial charge is 0.302 e. The summed E-state index contributed by atoms with van der Waals surface area (Å²) >= 11 is -2.13. The van der Waals surface area contributed by atoms with Gasteiger partial charge < -0.3 is 0 Å². The van der Waals surface area contributed by atoms with Crippen LogP contribution in [0.1, 0.15) is 45.4 Å². The molecule has 0 saturated heterocycles. The van der Waals surface area contributed by atoms with Crippen molar-refractivity contribution in [2.24, 2.45) is 0 Å². The van der Waals surface area contributed by atoms with Crippen LogP contribution in [0.4, 0.5) is 0 Å². The number of unbranched alkanes of at least 4 members (excludes halogenated alkanes) is 5. The SMILES string of the molecule is CCCCCCCC=CCOS(=O)O. The molecule has 0 aliphatic carbocycles. The van der Waals surface area contributed by atoms with Gasteiger partial charge in [0, 0.05) is 0 Å². The van der Waals surface area contributed by atoms with Crippen LogP contribution in [0, 0.1) is 0 Å². The number of allylic oxidation sites excluding steroid dienone is 1. The molecule has 1 unspecified atom stereocenters. The summed E-state index contributed by atoms with van der Waals surface area (Å²) in [6.45, 7) is 2.42. The zero-order valence-electron chi connectivity index (χ0n) is 8.78. The monoisotopic (exact) mass is 220 g/mol. The van der Waals surface area contributed by atoms with E-state index < -0.39 is 11.4 Å². The second kappa shape index (κ2) is 10.9. The summed E-state index contributed by atoms with van der Waals surface area (Å²) < 4.78 is 22.8. The first-order chi connectivity index (χ1) is 6.77. The van der Waals surface area contributed by atoms with Gasteiger partial charge in [0.15, 0.2) is 0 Å². The highest BCUT2D eigenvalue weighted by molar-refractivity contribution is 7.74. The van der Waals surface area contributed by atoms with Crippen molar-refractivity contribution in [1.29, 1.82) is 0 Å². The van der Waals surface area contributed by atoms with Crippen molar-refractivity contribution in [3.05, 3.63) is 12.2 Å². The van der Waals surface area contributed by atoms with Gasteiger partial charge in [0.25, 0.3) is 0 Å². The fourth-order valence-electron chi connectivity index (χ4n) is 1.15. The molecule has 0 aromatic carbocycles. The summed E-state index contributed by atoms with van der Waals surface area (Å²) in [6, 6.07) is 0. The van der Waals surface area contributed by atoms with E-state index in [0.29, 0.717) is 0 Å². The molecule has 0 aromatic heterocycles. The first kappa shape index (κ1) is 13.8. The molecule has 0 saturated carbocycles. The van der Waals surface area contributed by atoms with Crippen LogP contribution in [-0.2, 0) is 15.5 Å². The van der Waals surface area contributed by atoms with E-state index >= 15 is 0 Å². The van der Waals surface area contributed by atoms with Crippen molar-refractivity contribution in [3.8, 4) is 0 Å². The fraction of sp³-hybridized carbons (Fsp3) is 0.800. The molecule has 0 aliphatic rings. The second-order valence-electron chi connectivity index (χ2n) is 3.18. The fourth-order valence-corrected chi connectivity index (χ4v) is 1.34. The maximum absolute atomic E-state index is 10.1. The third-order valence-corrected chi connectivity index (χ3v) is 2.24. The third kappa shape index (κ3) is 11.8. The summed E-state index contributed by atoms with van der Waals surface area (Å²) in [5.41, 5.74) is 0. The Hall–Kier alpha value is -0.190. The Bertz CT molecular complexity index is 169. The lowest BCUT2D eigenvalue weighted by Gasteiger charge is -1.96. The molecule has 84 valence electrons. The smallest absolute Gasteiger partial charge is 0.284 e. The van der Waals surface area contributed by atoms with Gasteiger partial charge in [0.05, 0.1) is 6.61 Å². The molecule has 0 radical (unpaired) electrons. The van der Waals surface area contributed by atoms with Crippen LogP contribution >= 0.6 is 0 Å². The molecule has 0 rings (SSSR count). The molecule has 1 N–H and O–H groups in total. The summed E-state index contributed by atoms with van der Waals surface area (Å²) in [7, 11) is 0. The Labute approximate surface area is 89.0 Å². The van der Waals surface area contributed by atoms with Crippen molar-refractivity contribution in [1.82, 2.24) is 0 Å². The lowest BCUT2D eigenvalue weighted by atomic mass is 10.1. The van der Waals surface area contributed by atoms with Gasteiger partial charge in [-0.05, 0) is 12.8 Å². The Kier molecular flexibility index (Phi) is 10.7. The van der Waals surface area contributed by atoms with E-state index in [1.807, 2.05) is 6.08 Å². The van der Waals surface area contributed by atoms with Gasteiger partial charge in [-0.2, -0.15) is 4.21 Å². The lowest BCUT2D eigenvalue weighted by Crippen LogP contribution is -1.93. The number of hydrogen-bond donors (Lipinski definition) is 1. The van der Waals surface area contributed by atoms with Gasteiger partial charge in [0.1, 0.15) is 0 Å². The van der Waals surface area contributed by atoms with Crippen LogP contribution in [0.3, 0.4) is 0 Å². The molecule has 1 atom stereocenters. The first-order valence-corrected chi connectivity index (χ1v) is 6.19. The highest BCUT2D eigenvalue weighted by Gasteiger charge is 1.88. The van der Waals surface area contributed by atoms with Crippen molar-refractivity contribution in [2.45, 2.75) is 45.4 Å². The van der Waals surface area contributed by atoms with Crippen LogP contribution in [-0.4, -0.2) is 15.4 Å². The number of rotatable bonds is 9. The minimum atomic E-state index is -2.13. The van der Waals surface area contributed by atoms with Gasteiger partial charge in [-0.25, -0.2) is 0 Å². The van der Waals surface area contributed by atoms with Crippen molar-refractivity contribution >= 4 is 11.4 Å². The van der Waals surface area contributed by atoms with E-state index in [9.17, 15) is 4.21 Å². The van der Waals surface area contributed by atoms with Crippen molar-refractivity contribution < 1.29 is 12.9 Å². The molecule has 0 spiro atoms. The minimum absolute atomic E-state index is 0.220. The van der Waals surface area contributed by atoms with Gasteiger partial charge in [-0.15, -0.1) is 0 Å². The quantitative estimate of drug-likeness (QED) is 0.369. The average molecular weight is 220 g/mol. The van der Waals surface area contributed by atoms with Gasteiger partial charge in [-0.3, -0.25) is 8.74 Å². The van der Waals surface area contributed by atoms with Gasteiger partial charge in [-0.1, -0.05) is 44.8 Å². The molecule has 0 amide bonds. The molecular weight excluding hydrogens is 200 g/mol. The molecule has 0 bridgehead atoms. The summed E-state index contributed by atoms with van der Waals surface area (Å²) in [5.74, 6) is 0. The standard InChI is InChI=1S/C10H20O3S/c1-2-3-4-5-6-7-8-9-10-13-14(11)12/h8-9H,2-7,10H2,1H3,(H,11,12).